The van der Waals surface area contributed by atoms with Gasteiger partial charge in [-0.2, -0.15) is 0 Å². The van der Waals surface area contributed by atoms with Gasteiger partial charge in [-0.25, -0.2) is 4.79 Å². The number of halogens is 2. The molecule has 74 valence electrons. The average molecular weight is 276 g/mol. The summed E-state index contributed by atoms with van der Waals surface area (Å²) in [5, 5.41) is 9.30. The lowest BCUT2D eigenvalue weighted by atomic mass is 10.1. The summed E-state index contributed by atoms with van der Waals surface area (Å²) in [6.07, 6.45) is 0. The summed E-state index contributed by atoms with van der Waals surface area (Å²) < 4.78 is 0.510. The lowest BCUT2D eigenvalue weighted by Gasteiger charge is -2.04. The van der Waals surface area contributed by atoms with Crippen molar-refractivity contribution in [2.75, 3.05) is 0 Å². The zero-order valence-corrected chi connectivity index (χ0v) is 9.76. The van der Waals surface area contributed by atoms with Gasteiger partial charge in [-0.3, -0.25) is 0 Å². The van der Waals surface area contributed by atoms with Crippen molar-refractivity contribution in [3.05, 3.63) is 40.4 Å². The fraction of sp³-hybridized carbons (Fsp3) is 0.100. The molecular formula is C10H8BrClO2. The molecule has 0 fully saturated rings. The Hall–Kier alpha value is -0.800. The maximum Gasteiger partial charge on any atom is 0.332 e. The van der Waals surface area contributed by atoms with Gasteiger partial charge >= 0.3 is 5.97 Å². The summed E-state index contributed by atoms with van der Waals surface area (Å²) in [6.45, 7) is 1.52. The molecule has 0 saturated carbocycles. The Morgan fingerprint density at radius 1 is 1.43 bits per heavy atom. The van der Waals surface area contributed by atoms with Gasteiger partial charge in [-0.1, -0.05) is 29.8 Å². The SMILES string of the molecule is C/C(C(=O)O)=C(\Br)c1ccccc1Cl. The predicted molar refractivity (Wildman–Crippen MR) is 60.6 cm³/mol. The lowest BCUT2D eigenvalue weighted by molar-refractivity contribution is -0.132. The fourth-order valence-electron chi connectivity index (χ4n) is 0.935. The number of carboxylic acid groups (broad SMARTS) is 1. The number of carbonyl (C=O) groups is 1. The van der Waals surface area contributed by atoms with Crippen molar-refractivity contribution in [2.24, 2.45) is 0 Å². The molecule has 0 unspecified atom stereocenters. The summed E-state index contributed by atoms with van der Waals surface area (Å²) in [5.41, 5.74) is 0.923. The topological polar surface area (TPSA) is 37.3 Å². The van der Waals surface area contributed by atoms with Crippen LogP contribution < -0.4 is 0 Å². The summed E-state index contributed by atoms with van der Waals surface area (Å²) in [4.78, 5) is 10.7. The monoisotopic (exact) mass is 274 g/mol. The number of carboxylic acids is 1. The minimum absolute atomic E-state index is 0.234. The summed E-state index contributed by atoms with van der Waals surface area (Å²) in [5.74, 6) is -0.961. The second-order valence-electron chi connectivity index (χ2n) is 2.72. The molecule has 1 N–H and O–H groups in total. The van der Waals surface area contributed by atoms with E-state index >= 15 is 0 Å². The fourth-order valence-corrected chi connectivity index (χ4v) is 1.79. The standard InChI is InChI=1S/C10H8BrClO2/c1-6(10(13)14)9(11)7-4-2-3-5-8(7)12/h2-5H,1H3,(H,13,14)/b9-6+. The quantitative estimate of drug-likeness (QED) is 0.838. The van der Waals surface area contributed by atoms with Crippen molar-refractivity contribution < 1.29 is 9.90 Å². The van der Waals surface area contributed by atoms with Crippen LogP contribution in [0.4, 0.5) is 0 Å². The van der Waals surface area contributed by atoms with E-state index in [-0.39, 0.29) is 5.57 Å². The molecule has 0 amide bonds. The summed E-state index contributed by atoms with van der Waals surface area (Å²) >= 11 is 9.13. The smallest absolute Gasteiger partial charge is 0.332 e. The highest BCUT2D eigenvalue weighted by atomic mass is 79.9. The Morgan fingerprint density at radius 2 is 2.00 bits per heavy atom. The molecule has 1 aromatic carbocycles. The van der Waals surface area contributed by atoms with Crippen LogP contribution in [-0.4, -0.2) is 11.1 Å². The minimum atomic E-state index is -0.961. The van der Waals surface area contributed by atoms with E-state index < -0.39 is 5.97 Å². The molecule has 0 radical (unpaired) electrons. The molecule has 0 spiro atoms. The van der Waals surface area contributed by atoms with Crippen molar-refractivity contribution >= 4 is 38.0 Å². The molecule has 14 heavy (non-hydrogen) atoms. The largest absolute Gasteiger partial charge is 0.478 e. The third kappa shape index (κ3) is 2.36. The predicted octanol–water partition coefficient (Wildman–Crippen LogP) is 3.55. The first-order valence-electron chi connectivity index (χ1n) is 3.88. The van der Waals surface area contributed by atoms with Gasteiger partial charge in [-0.15, -0.1) is 0 Å². The molecule has 0 aromatic heterocycles. The van der Waals surface area contributed by atoms with Crippen molar-refractivity contribution in [1.29, 1.82) is 0 Å². The van der Waals surface area contributed by atoms with Gasteiger partial charge < -0.3 is 5.11 Å². The van der Waals surface area contributed by atoms with E-state index in [1.165, 1.54) is 6.92 Å². The maximum absolute atomic E-state index is 10.7. The highest BCUT2D eigenvalue weighted by Crippen LogP contribution is 2.30. The van der Waals surface area contributed by atoms with E-state index in [2.05, 4.69) is 15.9 Å². The van der Waals surface area contributed by atoms with Crippen LogP contribution in [0.25, 0.3) is 4.48 Å². The number of hydrogen-bond acceptors (Lipinski definition) is 1. The van der Waals surface area contributed by atoms with Gasteiger partial charge in [0.05, 0.1) is 0 Å². The van der Waals surface area contributed by atoms with E-state index in [1.54, 1.807) is 24.3 Å². The van der Waals surface area contributed by atoms with Gasteiger partial charge in [0.1, 0.15) is 0 Å². The Labute approximate surface area is 95.3 Å². The van der Waals surface area contributed by atoms with Crippen LogP contribution >= 0.6 is 27.5 Å². The Morgan fingerprint density at radius 3 is 2.50 bits per heavy atom. The van der Waals surface area contributed by atoms with Gasteiger partial charge in [0.2, 0.25) is 0 Å². The summed E-state index contributed by atoms with van der Waals surface area (Å²) in [6, 6.07) is 7.08. The van der Waals surface area contributed by atoms with Crippen molar-refractivity contribution in [3.8, 4) is 0 Å². The van der Waals surface area contributed by atoms with Crippen molar-refractivity contribution in [3.63, 3.8) is 0 Å². The number of hydrogen-bond donors (Lipinski definition) is 1. The van der Waals surface area contributed by atoms with E-state index in [0.717, 1.165) is 0 Å². The zero-order chi connectivity index (χ0) is 10.7. The van der Waals surface area contributed by atoms with Gasteiger partial charge in [0.25, 0.3) is 0 Å². The van der Waals surface area contributed by atoms with E-state index in [4.69, 9.17) is 16.7 Å². The van der Waals surface area contributed by atoms with Gasteiger partial charge in [0, 0.05) is 20.6 Å². The molecule has 0 saturated heterocycles. The first-order valence-corrected chi connectivity index (χ1v) is 5.05. The number of rotatable bonds is 2. The number of benzene rings is 1. The first-order chi connectivity index (χ1) is 6.54. The number of aliphatic carboxylic acids is 1. The van der Waals surface area contributed by atoms with Crippen LogP contribution in [0.1, 0.15) is 12.5 Å². The second kappa shape index (κ2) is 4.62. The zero-order valence-electron chi connectivity index (χ0n) is 7.42. The average Bonchev–Trinajstić information content (AvgIpc) is 2.16. The van der Waals surface area contributed by atoms with Crippen molar-refractivity contribution in [2.45, 2.75) is 6.92 Å². The molecular weight excluding hydrogens is 267 g/mol. The molecule has 0 aliphatic carbocycles. The Balaban J connectivity index is 3.25. The van der Waals surface area contributed by atoms with Crippen LogP contribution in [-0.2, 0) is 4.79 Å². The highest BCUT2D eigenvalue weighted by molar-refractivity contribution is 9.15. The summed E-state index contributed by atoms with van der Waals surface area (Å²) in [7, 11) is 0. The molecule has 0 aliphatic rings. The van der Waals surface area contributed by atoms with Crippen LogP contribution in [0, 0.1) is 0 Å². The van der Waals surface area contributed by atoms with Gasteiger partial charge in [0.15, 0.2) is 0 Å². The van der Waals surface area contributed by atoms with E-state index in [0.29, 0.717) is 15.1 Å². The third-order valence-electron chi connectivity index (χ3n) is 1.76. The Kier molecular flexibility index (Phi) is 3.72. The normalized spacial score (nSPS) is 12.2. The van der Waals surface area contributed by atoms with Crippen LogP contribution in [0.3, 0.4) is 0 Å². The minimum Gasteiger partial charge on any atom is -0.478 e. The molecule has 1 rings (SSSR count). The van der Waals surface area contributed by atoms with Crippen molar-refractivity contribution in [1.82, 2.24) is 0 Å². The maximum atomic E-state index is 10.7. The molecule has 0 atom stereocenters. The van der Waals surface area contributed by atoms with Gasteiger partial charge in [-0.05, 0) is 28.9 Å². The molecule has 0 bridgehead atoms. The molecule has 4 heteroatoms. The van der Waals surface area contributed by atoms with Crippen LogP contribution in [0.15, 0.2) is 29.8 Å². The molecule has 0 heterocycles. The molecule has 2 nitrogen and oxygen atoms in total. The highest BCUT2D eigenvalue weighted by Gasteiger charge is 2.10. The lowest BCUT2D eigenvalue weighted by Crippen LogP contribution is -1.98. The second-order valence-corrected chi connectivity index (χ2v) is 3.92. The third-order valence-corrected chi connectivity index (χ3v) is 3.11. The van der Waals surface area contributed by atoms with E-state index in [1.807, 2.05) is 0 Å². The van der Waals surface area contributed by atoms with E-state index in [9.17, 15) is 4.79 Å². The first kappa shape index (κ1) is 11.3. The van der Waals surface area contributed by atoms with Crippen LogP contribution in [0.5, 0.6) is 0 Å². The Bertz CT molecular complexity index is 399. The van der Waals surface area contributed by atoms with Crippen LogP contribution in [0.2, 0.25) is 5.02 Å². The molecule has 0 aliphatic heterocycles. The molecule has 1 aromatic rings.